The van der Waals surface area contributed by atoms with Crippen LogP contribution in [-0.4, -0.2) is 35.1 Å². The van der Waals surface area contributed by atoms with Gasteiger partial charge in [0.1, 0.15) is 0 Å². The number of hydrogen-bond acceptors (Lipinski definition) is 2. The van der Waals surface area contributed by atoms with E-state index in [2.05, 4.69) is 0 Å². The largest absolute Gasteiger partial charge is 0.393 e. The highest BCUT2D eigenvalue weighted by atomic mass is 16.3. The Hall–Kier alpha value is -0.570. The monoisotopic (exact) mass is 197 g/mol. The van der Waals surface area contributed by atoms with Crippen molar-refractivity contribution in [3.05, 3.63) is 0 Å². The summed E-state index contributed by atoms with van der Waals surface area (Å²) in [5, 5.41) is 9.56. The highest BCUT2D eigenvalue weighted by Crippen LogP contribution is 2.46. The molecule has 1 heterocycles. The van der Waals surface area contributed by atoms with Crippen molar-refractivity contribution in [2.24, 2.45) is 11.3 Å². The molecular weight excluding hydrogens is 178 g/mol. The number of carbonyl (C=O) groups is 1. The van der Waals surface area contributed by atoms with Gasteiger partial charge in [0.25, 0.3) is 0 Å². The van der Waals surface area contributed by atoms with Crippen LogP contribution < -0.4 is 0 Å². The van der Waals surface area contributed by atoms with E-state index in [1.54, 1.807) is 0 Å². The van der Waals surface area contributed by atoms with E-state index in [-0.39, 0.29) is 17.4 Å². The first-order valence-corrected chi connectivity index (χ1v) is 5.50. The van der Waals surface area contributed by atoms with Crippen molar-refractivity contribution in [1.29, 1.82) is 0 Å². The second kappa shape index (κ2) is 3.23. The van der Waals surface area contributed by atoms with E-state index in [1.165, 1.54) is 0 Å². The predicted molar refractivity (Wildman–Crippen MR) is 53.7 cm³/mol. The van der Waals surface area contributed by atoms with Crippen LogP contribution in [0.1, 0.15) is 33.1 Å². The minimum Gasteiger partial charge on any atom is -0.393 e. The number of hydrogen-bond donors (Lipinski definition) is 1. The van der Waals surface area contributed by atoms with Crippen molar-refractivity contribution >= 4 is 5.91 Å². The lowest BCUT2D eigenvalue weighted by Crippen LogP contribution is -2.47. The summed E-state index contributed by atoms with van der Waals surface area (Å²) in [6.07, 6.45) is 2.60. The Kier molecular flexibility index (Phi) is 2.30. The maximum atomic E-state index is 12.0. The molecule has 2 rings (SSSR count). The molecule has 1 saturated heterocycles. The number of amides is 1. The van der Waals surface area contributed by atoms with E-state index in [4.69, 9.17) is 0 Å². The Labute approximate surface area is 85.1 Å². The van der Waals surface area contributed by atoms with E-state index in [0.29, 0.717) is 5.91 Å². The SMILES string of the molecule is CC1CN(C(=O)C2(C)CC2)CCC1O. The summed E-state index contributed by atoms with van der Waals surface area (Å²) in [7, 11) is 0. The summed E-state index contributed by atoms with van der Waals surface area (Å²) in [5.74, 6) is 0.534. The van der Waals surface area contributed by atoms with Crippen molar-refractivity contribution in [3.8, 4) is 0 Å². The van der Waals surface area contributed by atoms with Crippen LogP contribution in [0.4, 0.5) is 0 Å². The lowest BCUT2D eigenvalue weighted by Gasteiger charge is -2.35. The molecule has 3 nitrogen and oxygen atoms in total. The van der Waals surface area contributed by atoms with Crippen molar-refractivity contribution in [2.45, 2.75) is 39.2 Å². The molecule has 2 atom stereocenters. The first kappa shape index (κ1) is 9.97. The van der Waals surface area contributed by atoms with E-state index >= 15 is 0 Å². The smallest absolute Gasteiger partial charge is 0.228 e. The average Bonchev–Trinajstić information content (AvgIpc) is 2.89. The summed E-state index contributed by atoms with van der Waals surface area (Å²) >= 11 is 0. The molecule has 0 spiro atoms. The van der Waals surface area contributed by atoms with Gasteiger partial charge in [0.05, 0.1) is 6.10 Å². The zero-order valence-corrected chi connectivity index (χ0v) is 8.99. The maximum absolute atomic E-state index is 12.0. The van der Waals surface area contributed by atoms with Crippen LogP contribution in [0, 0.1) is 11.3 Å². The summed E-state index contributed by atoms with van der Waals surface area (Å²) in [6.45, 7) is 5.53. The van der Waals surface area contributed by atoms with Crippen LogP contribution in [0.25, 0.3) is 0 Å². The topological polar surface area (TPSA) is 40.5 Å². The fourth-order valence-electron chi connectivity index (χ4n) is 2.10. The molecule has 0 aromatic rings. The third kappa shape index (κ3) is 1.65. The Balaban J connectivity index is 1.96. The lowest BCUT2D eigenvalue weighted by atomic mass is 9.95. The van der Waals surface area contributed by atoms with Gasteiger partial charge in [-0.05, 0) is 25.2 Å². The second-order valence-electron chi connectivity index (χ2n) is 5.15. The first-order chi connectivity index (χ1) is 6.53. The van der Waals surface area contributed by atoms with Crippen LogP contribution in [0.2, 0.25) is 0 Å². The van der Waals surface area contributed by atoms with Gasteiger partial charge in [-0.1, -0.05) is 13.8 Å². The number of carbonyl (C=O) groups excluding carboxylic acids is 1. The standard InChI is InChI=1S/C11H19NO2/c1-8-7-12(6-3-9(8)13)10(14)11(2)4-5-11/h8-9,13H,3-7H2,1-2H3. The molecule has 1 saturated carbocycles. The third-order valence-electron chi connectivity index (χ3n) is 3.66. The lowest BCUT2D eigenvalue weighted by molar-refractivity contribution is -0.139. The van der Waals surface area contributed by atoms with Crippen molar-refractivity contribution in [1.82, 2.24) is 4.90 Å². The Bertz CT molecular complexity index is 248. The summed E-state index contributed by atoms with van der Waals surface area (Å²) in [6, 6.07) is 0. The fourth-order valence-corrected chi connectivity index (χ4v) is 2.10. The average molecular weight is 197 g/mol. The summed E-state index contributed by atoms with van der Waals surface area (Å²) < 4.78 is 0. The van der Waals surface area contributed by atoms with Gasteiger partial charge in [0, 0.05) is 18.5 Å². The molecular formula is C11H19NO2. The van der Waals surface area contributed by atoms with E-state index in [9.17, 15) is 9.90 Å². The molecule has 0 aromatic carbocycles. The van der Waals surface area contributed by atoms with Crippen LogP contribution in [0.3, 0.4) is 0 Å². The maximum Gasteiger partial charge on any atom is 0.228 e. The quantitative estimate of drug-likeness (QED) is 0.681. The molecule has 1 aliphatic carbocycles. The first-order valence-electron chi connectivity index (χ1n) is 5.50. The fraction of sp³-hybridized carbons (Fsp3) is 0.909. The number of likely N-dealkylation sites (tertiary alicyclic amines) is 1. The molecule has 2 fully saturated rings. The van der Waals surface area contributed by atoms with Gasteiger partial charge in [-0.2, -0.15) is 0 Å². The minimum atomic E-state index is -0.217. The van der Waals surface area contributed by atoms with Gasteiger partial charge in [-0.25, -0.2) is 0 Å². The molecule has 1 amide bonds. The number of piperidine rings is 1. The molecule has 2 unspecified atom stereocenters. The normalized spacial score (nSPS) is 35.5. The molecule has 0 aromatic heterocycles. The van der Waals surface area contributed by atoms with Gasteiger partial charge >= 0.3 is 0 Å². The van der Waals surface area contributed by atoms with E-state index in [0.717, 1.165) is 32.4 Å². The molecule has 1 aliphatic heterocycles. The number of rotatable bonds is 1. The van der Waals surface area contributed by atoms with Crippen molar-refractivity contribution in [3.63, 3.8) is 0 Å². The number of aliphatic hydroxyl groups excluding tert-OH is 1. The zero-order chi connectivity index (χ0) is 10.3. The number of nitrogens with zero attached hydrogens (tertiary/aromatic N) is 1. The molecule has 0 radical (unpaired) electrons. The summed E-state index contributed by atoms with van der Waals surface area (Å²) in [4.78, 5) is 13.9. The Morgan fingerprint density at radius 1 is 1.50 bits per heavy atom. The second-order valence-corrected chi connectivity index (χ2v) is 5.15. The van der Waals surface area contributed by atoms with Crippen LogP contribution in [0.5, 0.6) is 0 Å². The van der Waals surface area contributed by atoms with Gasteiger partial charge in [0.15, 0.2) is 0 Å². The highest BCUT2D eigenvalue weighted by molar-refractivity contribution is 5.85. The summed E-state index contributed by atoms with van der Waals surface area (Å²) in [5.41, 5.74) is -0.0536. The Morgan fingerprint density at radius 2 is 2.14 bits per heavy atom. The zero-order valence-electron chi connectivity index (χ0n) is 8.99. The molecule has 0 bridgehead atoms. The Morgan fingerprint density at radius 3 is 2.64 bits per heavy atom. The highest BCUT2D eigenvalue weighted by Gasteiger charge is 2.47. The van der Waals surface area contributed by atoms with Crippen molar-refractivity contribution < 1.29 is 9.90 Å². The van der Waals surface area contributed by atoms with Gasteiger partial charge < -0.3 is 10.0 Å². The van der Waals surface area contributed by atoms with Gasteiger partial charge in [0.2, 0.25) is 5.91 Å². The van der Waals surface area contributed by atoms with Crippen LogP contribution in [0.15, 0.2) is 0 Å². The minimum absolute atomic E-state index is 0.0536. The molecule has 2 aliphatic rings. The molecule has 3 heteroatoms. The van der Waals surface area contributed by atoms with Gasteiger partial charge in [-0.15, -0.1) is 0 Å². The third-order valence-corrected chi connectivity index (χ3v) is 3.66. The van der Waals surface area contributed by atoms with E-state index < -0.39 is 0 Å². The number of aliphatic hydroxyl groups is 1. The van der Waals surface area contributed by atoms with Gasteiger partial charge in [-0.3, -0.25) is 4.79 Å². The van der Waals surface area contributed by atoms with Crippen LogP contribution >= 0.6 is 0 Å². The molecule has 14 heavy (non-hydrogen) atoms. The van der Waals surface area contributed by atoms with Crippen molar-refractivity contribution in [2.75, 3.05) is 13.1 Å². The predicted octanol–water partition coefficient (Wildman–Crippen LogP) is 1.02. The molecule has 80 valence electrons. The molecule has 1 N–H and O–H groups in total. The van der Waals surface area contributed by atoms with E-state index in [1.807, 2.05) is 18.7 Å². The van der Waals surface area contributed by atoms with Crippen LogP contribution in [-0.2, 0) is 4.79 Å².